The van der Waals surface area contributed by atoms with E-state index in [1.807, 2.05) is 0 Å². The first-order valence-electron chi connectivity index (χ1n) is 18.6. The van der Waals surface area contributed by atoms with E-state index in [2.05, 4.69) is 24.8 Å². The molecular formula is C34H72N2NaO6S2. The van der Waals surface area contributed by atoms with Crippen molar-refractivity contribution in [2.24, 2.45) is 0 Å². The van der Waals surface area contributed by atoms with Gasteiger partial charge in [-0.2, -0.15) is 36.4 Å². The van der Waals surface area contributed by atoms with E-state index >= 15 is 0 Å². The first-order valence-corrected chi connectivity index (χ1v) is 21.8. The molecule has 1 radical (unpaired) electrons. The molecule has 0 rings (SSSR count). The summed E-state index contributed by atoms with van der Waals surface area (Å²) in [5.74, 6) is -1.30. The number of rotatable bonds is 37. The van der Waals surface area contributed by atoms with E-state index in [-0.39, 0.29) is 29.6 Å². The number of hydrogen-bond donors (Lipinski definition) is 2. The van der Waals surface area contributed by atoms with Gasteiger partial charge in [-0.1, -0.05) is 181 Å². The van der Waals surface area contributed by atoms with Crippen LogP contribution >= 0.6 is 0 Å². The van der Waals surface area contributed by atoms with E-state index < -0.39 is 31.7 Å². The third kappa shape index (κ3) is 39.1. The molecule has 0 aromatic carbocycles. The van der Waals surface area contributed by atoms with Gasteiger partial charge in [0.25, 0.3) is 20.2 Å². The molecule has 0 heterocycles. The molecule has 0 unspecified atom stereocenters. The SMILES string of the molecule is CCCCCCCCCCCCCCCCNOS(=O)(=O)CCS(=O)(=O)ONCCCCCCCCCCCCCCCC.[Na]. The Bertz CT molecular complexity index is 735. The third-order valence-electron chi connectivity index (χ3n) is 8.22. The molecule has 0 saturated heterocycles. The average molecular weight is 692 g/mol. The molecule has 0 amide bonds. The van der Waals surface area contributed by atoms with Gasteiger partial charge in [0.15, 0.2) is 0 Å². The smallest absolute Gasteiger partial charge is 0.198 e. The van der Waals surface area contributed by atoms with Gasteiger partial charge in [0.05, 0.1) is 11.5 Å². The summed E-state index contributed by atoms with van der Waals surface area (Å²) in [6, 6.07) is 0. The summed E-state index contributed by atoms with van der Waals surface area (Å²) in [6.07, 6.45) is 35.2. The molecule has 0 atom stereocenters. The fourth-order valence-corrected chi connectivity index (χ4v) is 7.66. The molecule has 11 heteroatoms. The normalized spacial score (nSPS) is 12.0. The summed E-state index contributed by atoms with van der Waals surface area (Å²) in [6.45, 7) is 5.34. The van der Waals surface area contributed by atoms with Crippen LogP contribution in [-0.4, -0.2) is 71.0 Å². The van der Waals surface area contributed by atoms with Crippen LogP contribution in [-0.2, 0) is 28.8 Å². The van der Waals surface area contributed by atoms with Crippen molar-refractivity contribution in [2.75, 3.05) is 24.6 Å². The minimum absolute atomic E-state index is 0. The number of hydroxylamine groups is 2. The van der Waals surface area contributed by atoms with Crippen molar-refractivity contribution in [1.29, 1.82) is 0 Å². The molecule has 0 aromatic heterocycles. The quantitative estimate of drug-likeness (QED) is 0.0377. The molecule has 0 aliphatic carbocycles. The van der Waals surface area contributed by atoms with Crippen molar-refractivity contribution in [1.82, 2.24) is 11.0 Å². The second-order valence-corrected chi connectivity index (χ2v) is 16.1. The Morgan fingerprint density at radius 2 is 0.556 bits per heavy atom. The van der Waals surface area contributed by atoms with Gasteiger partial charge in [-0.05, 0) is 12.8 Å². The van der Waals surface area contributed by atoms with Crippen LogP contribution in [0.4, 0.5) is 0 Å². The topological polar surface area (TPSA) is 111 Å². The van der Waals surface area contributed by atoms with Crippen molar-refractivity contribution >= 4 is 49.8 Å². The van der Waals surface area contributed by atoms with Gasteiger partial charge < -0.3 is 0 Å². The average Bonchev–Trinajstić information content (AvgIpc) is 3.00. The van der Waals surface area contributed by atoms with E-state index in [1.165, 1.54) is 141 Å². The number of unbranched alkanes of at least 4 members (excludes halogenated alkanes) is 26. The summed E-state index contributed by atoms with van der Waals surface area (Å²) in [5, 5.41) is 0. The molecule has 0 aromatic rings. The summed E-state index contributed by atoms with van der Waals surface area (Å²) in [4.78, 5) is 0. The van der Waals surface area contributed by atoms with Gasteiger partial charge in [0.1, 0.15) is 0 Å². The van der Waals surface area contributed by atoms with Crippen molar-refractivity contribution in [2.45, 2.75) is 194 Å². The third-order valence-corrected chi connectivity index (χ3v) is 10.6. The molecule has 0 bridgehead atoms. The minimum atomic E-state index is -3.99. The Kier molecular flexibility index (Phi) is 38.3. The standard InChI is InChI=1S/C34H72N2O6S2.Na/c1-3-5-7-9-11-13-15-17-19-21-23-25-27-29-31-35-41-43(37,38)33-34-44(39,40)42-36-32-30-28-26-24-22-20-18-16-14-12-10-8-6-4-2;/h35-36H,3-34H2,1-2H3;. The van der Waals surface area contributed by atoms with Crippen LogP contribution < -0.4 is 11.0 Å². The zero-order valence-electron chi connectivity index (χ0n) is 29.9. The van der Waals surface area contributed by atoms with E-state index in [9.17, 15) is 16.8 Å². The van der Waals surface area contributed by atoms with Crippen molar-refractivity contribution in [3.05, 3.63) is 0 Å². The number of nitrogens with one attached hydrogen (secondary N) is 2. The van der Waals surface area contributed by atoms with Crippen LogP contribution in [0.5, 0.6) is 0 Å². The van der Waals surface area contributed by atoms with Crippen LogP contribution in [0.15, 0.2) is 0 Å². The largest absolute Gasteiger partial charge is 0.284 e. The maximum atomic E-state index is 12.0. The molecule has 0 spiro atoms. The van der Waals surface area contributed by atoms with Gasteiger partial charge in [0, 0.05) is 42.6 Å². The molecule has 0 aliphatic heterocycles. The first kappa shape index (κ1) is 47.9. The van der Waals surface area contributed by atoms with Gasteiger partial charge in [0.2, 0.25) is 0 Å². The van der Waals surface area contributed by atoms with Crippen LogP contribution in [0.3, 0.4) is 0 Å². The van der Waals surface area contributed by atoms with E-state index in [4.69, 9.17) is 8.57 Å². The molecular weight excluding hydrogens is 620 g/mol. The zero-order chi connectivity index (χ0) is 32.5. The Morgan fingerprint density at radius 1 is 0.356 bits per heavy atom. The molecule has 0 fully saturated rings. The van der Waals surface area contributed by atoms with Crippen LogP contribution in [0.25, 0.3) is 0 Å². The summed E-state index contributed by atoms with van der Waals surface area (Å²) in [7, 11) is -7.99. The van der Waals surface area contributed by atoms with Crippen molar-refractivity contribution in [3.8, 4) is 0 Å². The molecule has 8 nitrogen and oxygen atoms in total. The van der Waals surface area contributed by atoms with Crippen LogP contribution in [0.1, 0.15) is 194 Å². The molecule has 0 saturated carbocycles. The van der Waals surface area contributed by atoms with Crippen LogP contribution in [0, 0.1) is 0 Å². The Morgan fingerprint density at radius 3 is 0.778 bits per heavy atom. The fourth-order valence-electron chi connectivity index (χ4n) is 5.33. The van der Waals surface area contributed by atoms with E-state index in [0.29, 0.717) is 13.1 Å². The molecule has 45 heavy (non-hydrogen) atoms. The van der Waals surface area contributed by atoms with Crippen molar-refractivity contribution in [3.63, 3.8) is 0 Å². The van der Waals surface area contributed by atoms with Gasteiger partial charge in [-0.15, -0.1) is 0 Å². The van der Waals surface area contributed by atoms with Crippen molar-refractivity contribution < 1.29 is 25.4 Å². The van der Waals surface area contributed by atoms with Gasteiger partial charge >= 0.3 is 0 Å². The minimum Gasteiger partial charge on any atom is -0.198 e. The predicted molar refractivity (Wildman–Crippen MR) is 192 cm³/mol. The van der Waals surface area contributed by atoms with E-state index in [1.54, 1.807) is 0 Å². The predicted octanol–water partition coefficient (Wildman–Crippen LogP) is 9.27. The summed E-state index contributed by atoms with van der Waals surface area (Å²) >= 11 is 0. The molecule has 2 N–H and O–H groups in total. The maximum absolute atomic E-state index is 12.0. The monoisotopic (exact) mass is 691 g/mol. The second kappa shape index (κ2) is 36.0. The zero-order valence-corrected chi connectivity index (χ0v) is 33.5. The fraction of sp³-hybridized carbons (Fsp3) is 1.00. The van der Waals surface area contributed by atoms with Gasteiger partial charge in [-0.3, -0.25) is 0 Å². The van der Waals surface area contributed by atoms with Crippen LogP contribution in [0.2, 0.25) is 0 Å². The van der Waals surface area contributed by atoms with E-state index in [0.717, 1.165) is 38.5 Å². The Labute approximate surface area is 302 Å². The Balaban J connectivity index is 0. The molecule has 267 valence electrons. The summed E-state index contributed by atoms with van der Waals surface area (Å²) in [5.41, 5.74) is 4.94. The Hall–Kier alpha value is 0.740. The number of hydrogen-bond acceptors (Lipinski definition) is 8. The molecule has 0 aliphatic rings. The van der Waals surface area contributed by atoms with Gasteiger partial charge in [-0.25, -0.2) is 0 Å². The summed E-state index contributed by atoms with van der Waals surface area (Å²) < 4.78 is 57.6. The second-order valence-electron chi connectivity index (χ2n) is 12.7. The first-order chi connectivity index (χ1) is 21.3. The maximum Gasteiger partial charge on any atom is 0.284 e.